The Hall–Kier alpha value is -3.16. The summed E-state index contributed by atoms with van der Waals surface area (Å²) in [5.74, 6) is 0.716. The van der Waals surface area contributed by atoms with Gasteiger partial charge in [-0.25, -0.2) is 0 Å². The number of methoxy groups -OCH3 is 1. The molecule has 0 saturated carbocycles. The van der Waals surface area contributed by atoms with E-state index in [-0.39, 0.29) is 18.5 Å². The Balaban J connectivity index is 1.75. The fourth-order valence-corrected chi connectivity index (χ4v) is 2.20. The number of amides is 1. The van der Waals surface area contributed by atoms with E-state index in [1.807, 2.05) is 49.0 Å². The summed E-state index contributed by atoms with van der Waals surface area (Å²) in [4.78, 5) is 26.6. The molecule has 3 aromatic heterocycles. The van der Waals surface area contributed by atoms with Gasteiger partial charge in [0.1, 0.15) is 0 Å². The predicted octanol–water partition coefficient (Wildman–Crippen LogP) is 1.13. The monoisotopic (exact) mass is 326 g/mol. The maximum atomic E-state index is 12.3. The Morgan fingerprint density at radius 1 is 1.29 bits per heavy atom. The van der Waals surface area contributed by atoms with Crippen molar-refractivity contribution in [2.45, 2.75) is 6.54 Å². The third-order valence-electron chi connectivity index (χ3n) is 3.41. The van der Waals surface area contributed by atoms with E-state index >= 15 is 0 Å². The van der Waals surface area contributed by atoms with Crippen LogP contribution in [0.2, 0.25) is 0 Å². The van der Waals surface area contributed by atoms with Crippen LogP contribution < -0.4 is 15.0 Å². The Bertz CT molecular complexity index is 841. The molecule has 0 unspecified atom stereocenters. The van der Waals surface area contributed by atoms with Crippen LogP contribution in [0.4, 0.5) is 5.95 Å². The summed E-state index contributed by atoms with van der Waals surface area (Å²) in [6, 6.07) is 7.82. The number of hydrogen-bond acceptors (Lipinski definition) is 6. The molecule has 0 bridgehead atoms. The molecule has 0 spiro atoms. The quantitative estimate of drug-likeness (QED) is 0.756. The van der Waals surface area contributed by atoms with Crippen LogP contribution in [-0.4, -0.2) is 46.5 Å². The highest BCUT2D eigenvalue weighted by molar-refractivity contribution is 5.95. The van der Waals surface area contributed by atoms with Gasteiger partial charge in [0.2, 0.25) is 5.95 Å². The van der Waals surface area contributed by atoms with E-state index in [0.717, 1.165) is 5.52 Å². The molecule has 3 heterocycles. The van der Waals surface area contributed by atoms with Crippen LogP contribution in [0.25, 0.3) is 5.52 Å². The minimum Gasteiger partial charge on any atom is -0.467 e. The van der Waals surface area contributed by atoms with E-state index in [1.165, 1.54) is 7.11 Å². The highest BCUT2D eigenvalue weighted by Crippen LogP contribution is 2.11. The SMILES string of the molecule is COc1nc(CNC(=O)c2cc3ccccn3c2)nc(N(C)C)n1. The number of rotatable bonds is 5. The standard InChI is InChI=1S/C16H18N6O2/c1-21(2)15-18-13(19-16(20-15)24-3)9-17-14(23)11-8-12-6-4-5-7-22(12)10-11/h4-8,10H,9H2,1-3H3,(H,17,23). The van der Waals surface area contributed by atoms with E-state index in [9.17, 15) is 4.79 Å². The lowest BCUT2D eigenvalue weighted by atomic mass is 10.3. The maximum absolute atomic E-state index is 12.3. The van der Waals surface area contributed by atoms with Gasteiger partial charge in [-0.1, -0.05) is 6.07 Å². The number of carbonyl (C=O) groups excluding carboxylic acids is 1. The molecule has 24 heavy (non-hydrogen) atoms. The number of carbonyl (C=O) groups is 1. The van der Waals surface area contributed by atoms with E-state index in [1.54, 1.807) is 11.1 Å². The van der Waals surface area contributed by atoms with Crippen LogP contribution in [0.5, 0.6) is 6.01 Å². The Labute approximate surface area is 139 Å². The van der Waals surface area contributed by atoms with E-state index in [2.05, 4.69) is 20.3 Å². The number of anilines is 1. The van der Waals surface area contributed by atoms with Gasteiger partial charge in [0.25, 0.3) is 5.91 Å². The topological polar surface area (TPSA) is 84.6 Å². The smallest absolute Gasteiger partial charge is 0.321 e. The summed E-state index contributed by atoms with van der Waals surface area (Å²) < 4.78 is 6.97. The van der Waals surface area contributed by atoms with Gasteiger partial charge >= 0.3 is 6.01 Å². The molecule has 1 N–H and O–H groups in total. The predicted molar refractivity (Wildman–Crippen MR) is 89.3 cm³/mol. The average molecular weight is 326 g/mol. The summed E-state index contributed by atoms with van der Waals surface area (Å²) in [5.41, 5.74) is 1.54. The molecule has 0 fully saturated rings. The number of aromatic nitrogens is 4. The third kappa shape index (κ3) is 3.27. The van der Waals surface area contributed by atoms with Crippen LogP contribution in [-0.2, 0) is 6.54 Å². The maximum Gasteiger partial charge on any atom is 0.321 e. The first-order chi connectivity index (χ1) is 11.6. The number of ether oxygens (including phenoxy) is 1. The van der Waals surface area contributed by atoms with Crippen molar-refractivity contribution in [3.8, 4) is 6.01 Å². The van der Waals surface area contributed by atoms with Crippen molar-refractivity contribution in [1.29, 1.82) is 0 Å². The van der Waals surface area contributed by atoms with Crippen molar-refractivity contribution < 1.29 is 9.53 Å². The Morgan fingerprint density at radius 2 is 2.12 bits per heavy atom. The van der Waals surface area contributed by atoms with Crippen LogP contribution >= 0.6 is 0 Å². The lowest BCUT2D eigenvalue weighted by molar-refractivity contribution is 0.0950. The van der Waals surface area contributed by atoms with Crippen molar-refractivity contribution >= 4 is 17.4 Å². The highest BCUT2D eigenvalue weighted by Gasteiger charge is 2.12. The summed E-state index contributed by atoms with van der Waals surface area (Å²) >= 11 is 0. The molecular weight excluding hydrogens is 308 g/mol. The van der Waals surface area contributed by atoms with Crippen molar-refractivity contribution in [3.05, 3.63) is 48.0 Å². The van der Waals surface area contributed by atoms with Crippen LogP contribution in [0.1, 0.15) is 16.2 Å². The van der Waals surface area contributed by atoms with E-state index < -0.39 is 0 Å². The van der Waals surface area contributed by atoms with Crippen LogP contribution in [0, 0.1) is 0 Å². The first kappa shape index (κ1) is 15.7. The molecule has 124 valence electrons. The minimum atomic E-state index is -0.190. The molecule has 0 aromatic carbocycles. The fourth-order valence-electron chi connectivity index (χ4n) is 2.20. The molecule has 0 aliphatic heterocycles. The Kier molecular flexibility index (Phi) is 4.28. The number of hydrogen-bond donors (Lipinski definition) is 1. The third-order valence-corrected chi connectivity index (χ3v) is 3.41. The second kappa shape index (κ2) is 6.53. The van der Waals surface area contributed by atoms with Crippen molar-refractivity contribution in [1.82, 2.24) is 24.7 Å². The van der Waals surface area contributed by atoms with Gasteiger partial charge < -0.3 is 19.4 Å². The lowest BCUT2D eigenvalue weighted by Gasteiger charge is -2.12. The number of nitrogens with zero attached hydrogens (tertiary/aromatic N) is 5. The zero-order valence-electron chi connectivity index (χ0n) is 13.7. The second-order valence-electron chi connectivity index (χ2n) is 5.38. The molecule has 0 aliphatic carbocycles. The zero-order chi connectivity index (χ0) is 17.1. The lowest BCUT2D eigenvalue weighted by Crippen LogP contribution is -2.24. The minimum absolute atomic E-state index is 0.185. The van der Waals surface area contributed by atoms with Gasteiger partial charge in [-0.3, -0.25) is 4.79 Å². The van der Waals surface area contributed by atoms with Gasteiger partial charge in [-0.2, -0.15) is 15.0 Å². The summed E-state index contributed by atoms with van der Waals surface area (Å²) in [5, 5.41) is 2.81. The molecule has 0 radical (unpaired) electrons. The zero-order valence-corrected chi connectivity index (χ0v) is 13.7. The van der Waals surface area contributed by atoms with Crippen molar-refractivity contribution in [2.24, 2.45) is 0 Å². The molecule has 3 rings (SSSR count). The van der Waals surface area contributed by atoms with E-state index in [0.29, 0.717) is 17.3 Å². The second-order valence-corrected chi connectivity index (χ2v) is 5.38. The molecule has 3 aromatic rings. The van der Waals surface area contributed by atoms with Crippen molar-refractivity contribution in [3.63, 3.8) is 0 Å². The summed E-state index contributed by atoms with van der Waals surface area (Å²) in [6.07, 6.45) is 3.68. The number of nitrogens with one attached hydrogen (secondary N) is 1. The van der Waals surface area contributed by atoms with E-state index in [4.69, 9.17) is 4.74 Å². The fraction of sp³-hybridized carbons (Fsp3) is 0.250. The van der Waals surface area contributed by atoms with Gasteiger partial charge in [0.15, 0.2) is 5.82 Å². The molecular formula is C16H18N6O2. The molecule has 8 heteroatoms. The molecule has 0 aliphatic rings. The summed E-state index contributed by atoms with van der Waals surface area (Å²) in [6.45, 7) is 0.185. The van der Waals surface area contributed by atoms with Gasteiger partial charge in [0.05, 0.1) is 19.2 Å². The molecule has 0 saturated heterocycles. The number of fused-ring (bicyclic) bond motifs is 1. The summed E-state index contributed by atoms with van der Waals surface area (Å²) in [7, 11) is 5.14. The van der Waals surface area contributed by atoms with Crippen LogP contribution in [0.3, 0.4) is 0 Å². The Morgan fingerprint density at radius 3 is 2.83 bits per heavy atom. The normalized spacial score (nSPS) is 10.6. The van der Waals surface area contributed by atoms with Gasteiger partial charge in [-0.05, 0) is 18.2 Å². The van der Waals surface area contributed by atoms with Gasteiger partial charge in [0, 0.05) is 32.0 Å². The van der Waals surface area contributed by atoms with Crippen LogP contribution in [0.15, 0.2) is 36.7 Å². The van der Waals surface area contributed by atoms with Gasteiger partial charge in [-0.15, -0.1) is 0 Å². The largest absolute Gasteiger partial charge is 0.467 e. The van der Waals surface area contributed by atoms with Crippen molar-refractivity contribution in [2.75, 3.05) is 26.1 Å². The number of pyridine rings is 1. The molecule has 8 nitrogen and oxygen atoms in total. The first-order valence-corrected chi connectivity index (χ1v) is 7.38. The average Bonchev–Trinajstić information content (AvgIpc) is 3.03. The molecule has 1 amide bonds. The molecule has 0 atom stereocenters. The highest BCUT2D eigenvalue weighted by atomic mass is 16.5. The first-order valence-electron chi connectivity index (χ1n) is 7.38.